The minimum Gasteiger partial charge on any atom is -0.351 e. The summed E-state index contributed by atoms with van der Waals surface area (Å²) in [6, 6.07) is 3.17. The molecule has 0 bridgehead atoms. The highest BCUT2D eigenvalue weighted by Gasteiger charge is 2.52. The van der Waals surface area contributed by atoms with Gasteiger partial charge < -0.3 is 11.1 Å². The lowest BCUT2D eigenvalue weighted by Gasteiger charge is -2.34. The molecule has 2 aliphatic heterocycles. The van der Waals surface area contributed by atoms with E-state index < -0.39 is 21.6 Å². The van der Waals surface area contributed by atoms with Crippen molar-refractivity contribution in [2.24, 2.45) is 28.5 Å². The number of aliphatic imine (C=N–C) groups is 1. The number of rotatable bonds is 8. The molecular formula is C26H37N5O4S. The van der Waals surface area contributed by atoms with Crippen molar-refractivity contribution < 1.29 is 18.0 Å². The van der Waals surface area contributed by atoms with Gasteiger partial charge in [0.05, 0.1) is 5.75 Å². The Morgan fingerprint density at radius 1 is 1.17 bits per heavy atom. The Bertz CT molecular complexity index is 1180. The van der Waals surface area contributed by atoms with Crippen molar-refractivity contribution in [3.63, 3.8) is 0 Å². The summed E-state index contributed by atoms with van der Waals surface area (Å²) in [7, 11) is -1.88. The minimum atomic E-state index is -3.49. The average Bonchev–Trinajstić information content (AvgIpc) is 3.74. The third kappa shape index (κ3) is 4.77. The molecule has 1 aromatic rings. The van der Waals surface area contributed by atoms with Gasteiger partial charge in [-0.15, -0.1) is 0 Å². The molecule has 0 atom stereocenters. The molecule has 1 spiro atoms. The van der Waals surface area contributed by atoms with Crippen LogP contribution < -0.4 is 16.0 Å². The molecule has 1 saturated heterocycles. The van der Waals surface area contributed by atoms with E-state index in [1.165, 1.54) is 34.9 Å². The first-order valence-electron chi connectivity index (χ1n) is 13.0. The van der Waals surface area contributed by atoms with E-state index in [9.17, 15) is 18.0 Å². The van der Waals surface area contributed by atoms with Crippen LogP contribution in [-0.2, 0) is 21.2 Å². The van der Waals surface area contributed by atoms with E-state index in [2.05, 4.69) is 5.32 Å². The molecule has 3 amide bonds. The minimum absolute atomic E-state index is 0.00116. The van der Waals surface area contributed by atoms with Gasteiger partial charge in [0.1, 0.15) is 11.4 Å². The average molecular weight is 516 g/mol. The smallest absolute Gasteiger partial charge is 0.318 e. The molecule has 2 saturated carbocycles. The quantitative estimate of drug-likeness (QED) is 0.552. The number of amides is 3. The van der Waals surface area contributed by atoms with E-state index in [1.54, 1.807) is 7.05 Å². The maximum absolute atomic E-state index is 13.2. The summed E-state index contributed by atoms with van der Waals surface area (Å²) in [5, 5.41) is 3.10. The van der Waals surface area contributed by atoms with Crippen LogP contribution >= 0.6 is 0 Å². The maximum atomic E-state index is 13.2. The van der Waals surface area contributed by atoms with Crippen LogP contribution in [0.4, 0.5) is 10.5 Å². The number of carbonyl (C=O) groups is 2. The summed E-state index contributed by atoms with van der Waals surface area (Å²) >= 11 is 0. The highest BCUT2D eigenvalue weighted by molar-refractivity contribution is 7.89. The Labute approximate surface area is 213 Å². The Kier molecular flexibility index (Phi) is 6.39. The first-order valence-corrected chi connectivity index (χ1v) is 14.6. The largest absolute Gasteiger partial charge is 0.351 e. The summed E-state index contributed by atoms with van der Waals surface area (Å²) in [5.74, 6) is 2.52. The van der Waals surface area contributed by atoms with Gasteiger partial charge in [0.15, 0.2) is 0 Å². The molecule has 3 fully saturated rings. The monoisotopic (exact) mass is 515 g/mol. The molecule has 1 aromatic carbocycles. The van der Waals surface area contributed by atoms with E-state index >= 15 is 0 Å². The fraction of sp³-hybridized carbons (Fsp3) is 0.654. The molecule has 5 rings (SSSR count). The number of amidine groups is 1. The summed E-state index contributed by atoms with van der Waals surface area (Å²) in [6.07, 6.45) is 6.12. The lowest BCUT2D eigenvalue weighted by atomic mass is 9.89. The van der Waals surface area contributed by atoms with Crippen LogP contribution in [0, 0.1) is 31.6 Å². The normalized spacial score (nSPS) is 22.1. The molecule has 0 radical (unpaired) electrons. The second-order valence-corrected chi connectivity index (χ2v) is 13.2. The number of hydrogen-bond donors (Lipinski definition) is 2. The van der Waals surface area contributed by atoms with E-state index in [1.807, 2.05) is 26.0 Å². The van der Waals surface area contributed by atoms with Gasteiger partial charge in [-0.2, -0.15) is 0 Å². The van der Waals surface area contributed by atoms with Crippen molar-refractivity contribution in [2.75, 3.05) is 30.8 Å². The maximum Gasteiger partial charge on any atom is 0.318 e. The van der Waals surface area contributed by atoms with Crippen LogP contribution in [-0.4, -0.2) is 61.9 Å². The Morgan fingerprint density at radius 3 is 2.22 bits per heavy atom. The van der Waals surface area contributed by atoms with E-state index in [0.29, 0.717) is 55.8 Å². The van der Waals surface area contributed by atoms with Crippen molar-refractivity contribution in [1.29, 1.82) is 0 Å². The lowest BCUT2D eigenvalue weighted by molar-refractivity contribution is -0.125. The number of aryl methyl sites for hydroxylation is 2. The van der Waals surface area contributed by atoms with Gasteiger partial charge in [-0.1, -0.05) is 0 Å². The van der Waals surface area contributed by atoms with Gasteiger partial charge in [-0.05, 0) is 99.5 Å². The number of anilines is 1. The molecule has 196 valence electrons. The second-order valence-electron chi connectivity index (χ2n) is 11.1. The molecule has 2 aliphatic carbocycles. The molecule has 4 aliphatic rings. The van der Waals surface area contributed by atoms with Gasteiger partial charge >= 0.3 is 6.03 Å². The molecule has 10 heteroatoms. The van der Waals surface area contributed by atoms with Crippen molar-refractivity contribution in [3.8, 4) is 0 Å². The third-order valence-corrected chi connectivity index (χ3v) is 10.4. The fourth-order valence-electron chi connectivity index (χ4n) is 5.96. The number of piperidine rings is 1. The zero-order valence-electron chi connectivity index (χ0n) is 21.4. The van der Waals surface area contributed by atoms with Crippen molar-refractivity contribution in [2.45, 2.75) is 64.3 Å². The number of nitrogens with two attached hydrogens (primary N) is 1. The number of primary amides is 1. The van der Waals surface area contributed by atoms with Crippen molar-refractivity contribution in [1.82, 2.24) is 9.62 Å². The van der Waals surface area contributed by atoms with Crippen LogP contribution in [0.3, 0.4) is 0 Å². The van der Waals surface area contributed by atoms with Crippen molar-refractivity contribution >= 4 is 33.5 Å². The molecule has 2 heterocycles. The molecule has 0 unspecified atom stereocenters. The topological polar surface area (TPSA) is 125 Å². The highest BCUT2D eigenvalue weighted by atomic mass is 32.2. The summed E-state index contributed by atoms with van der Waals surface area (Å²) in [4.78, 5) is 30.8. The van der Waals surface area contributed by atoms with E-state index in [0.717, 1.165) is 22.5 Å². The molecule has 0 aromatic heterocycles. The number of hydrogen-bond acceptors (Lipinski definition) is 5. The van der Waals surface area contributed by atoms with E-state index in [4.69, 9.17) is 10.7 Å². The molecule has 3 N–H and O–H groups in total. The van der Waals surface area contributed by atoms with Crippen LogP contribution in [0.2, 0.25) is 0 Å². The van der Waals surface area contributed by atoms with Gasteiger partial charge in [-0.3, -0.25) is 14.7 Å². The number of nitrogens with one attached hydrogen (secondary N) is 1. The third-order valence-electron chi connectivity index (χ3n) is 8.53. The number of sulfonamides is 1. The lowest BCUT2D eigenvalue weighted by Crippen LogP contribution is -2.51. The van der Waals surface area contributed by atoms with E-state index in [-0.39, 0.29) is 11.7 Å². The van der Waals surface area contributed by atoms with Crippen LogP contribution in [0.1, 0.15) is 55.2 Å². The van der Waals surface area contributed by atoms with Crippen molar-refractivity contribution in [3.05, 3.63) is 28.8 Å². The predicted octanol–water partition coefficient (Wildman–Crippen LogP) is 2.49. The summed E-state index contributed by atoms with van der Waals surface area (Å²) in [6.45, 7) is 4.46. The number of carbonyl (C=O) groups excluding carboxylic acids is 2. The standard InChI is InChI=1S/C26H37N5O4S/c1-16-14-20(30(3)25(27)33)15-17(2)21(16)8-13-36(34,35)31-11-9-26(10-12-31)24(32)28-23(29-26)22(18-4-5-18)19-6-7-19/h14-15,18-19,22H,4-13H2,1-3H3,(H2,27,33)(H,28,29,32). The fourth-order valence-corrected chi connectivity index (χ4v) is 7.42. The van der Waals surface area contributed by atoms with Crippen LogP contribution in [0.5, 0.6) is 0 Å². The van der Waals surface area contributed by atoms with Gasteiger partial charge in [0, 0.05) is 31.7 Å². The SMILES string of the molecule is Cc1cc(N(C)C(N)=O)cc(C)c1CCS(=O)(=O)N1CCC2(CC1)N=C(C(C1CC1)C1CC1)NC2=O. The first kappa shape index (κ1) is 25.2. The van der Waals surface area contributed by atoms with Gasteiger partial charge in [0.25, 0.3) is 5.91 Å². The molecular weight excluding hydrogens is 478 g/mol. The predicted molar refractivity (Wildman–Crippen MR) is 139 cm³/mol. The summed E-state index contributed by atoms with van der Waals surface area (Å²) < 4.78 is 28.0. The Hall–Kier alpha value is -2.46. The number of urea groups is 1. The van der Waals surface area contributed by atoms with Gasteiger partial charge in [0.2, 0.25) is 10.0 Å². The first-order chi connectivity index (χ1) is 17.0. The number of nitrogens with zero attached hydrogens (tertiary/aromatic N) is 3. The number of benzene rings is 1. The zero-order chi connectivity index (χ0) is 25.8. The Morgan fingerprint density at radius 2 is 1.72 bits per heavy atom. The highest BCUT2D eigenvalue weighted by Crippen LogP contribution is 2.50. The Balaban J connectivity index is 1.23. The molecule has 9 nitrogen and oxygen atoms in total. The zero-order valence-corrected chi connectivity index (χ0v) is 22.2. The second kappa shape index (κ2) is 9.13. The van der Waals surface area contributed by atoms with Crippen LogP contribution in [0.15, 0.2) is 17.1 Å². The summed E-state index contributed by atoms with van der Waals surface area (Å²) in [5.41, 5.74) is 8.08. The molecule has 36 heavy (non-hydrogen) atoms. The van der Waals surface area contributed by atoms with Crippen LogP contribution in [0.25, 0.3) is 0 Å². The van der Waals surface area contributed by atoms with Gasteiger partial charge in [-0.25, -0.2) is 17.5 Å².